The average Bonchev–Trinajstić information content (AvgIpc) is 2.75. The standard InChI is InChI=1S/C21H21N3O5S/c1-24-11-12-28-18-9-8-16(13-17(18)24)30(25,26)23-15-7-10-21(22-14-15)29-20-6-4-3-5-19(20)27-2/h3-10,13-14,23H,11-12H2,1-2H3. The zero-order valence-corrected chi connectivity index (χ0v) is 17.3. The molecule has 0 saturated heterocycles. The Labute approximate surface area is 175 Å². The average molecular weight is 427 g/mol. The van der Waals surface area contributed by atoms with Crippen LogP contribution in [0.25, 0.3) is 0 Å². The van der Waals surface area contributed by atoms with E-state index in [4.69, 9.17) is 14.2 Å². The highest BCUT2D eigenvalue weighted by molar-refractivity contribution is 7.92. The van der Waals surface area contributed by atoms with Gasteiger partial charge in [-0.25, -0.2) is 13.4 Å². The van der Waals surface area contributed by atoms with Crippen molar-refractivity contribution < 1.29 is 22.6 Å². The molecule has 0 atom stereocenters. The molecule has 0 fully saturated rings. The number of likely N-dealkylation sites (N-methyl/N-ethyl adjacent to an activating group) is 1. The molecular weight excluding hydrogens is 406 g/mol. The fraction of sp³-hybridized carbons (Fsp3) is 0.190. The number of sulfonamides is 1. The number of methoxy groups -OCH3 is 1. The highest BCUT2D eigenvalue weighted by Crippen LogP contribution is 2.34. The van der Waals surface area contributed by atoms with Gasteiger partial charge in [-0.3, -0.25) is 4.72 Å². The summed E-state index contributed by atoms with van der Waals surface area (Å²) in [5, 5.41) is 0. The zero-order valence-electron chi connectivity index (χ0n) is 16.5. The van der Waals surface area contributed by atoms with Crippen molar-refractivity contribution in [3.63, 3.8) is 0 Å². The van der Waals surface area contributed by atoms with Crippen LogP contribution in [0.2, 0.25) is 0 Å². The molecule has 8 nitrogen and oxygen atoms in total. The molecule has 2 aromatic carbocycles. The van der Waals surface area contributed by atoms with E-state index < -0.39 is 10.0 Å². The number of nitrogens with zero attached hydrogens (tertiary/aromatic N) is 2. The van der Waals surface area contributed by atoms with Crippen LogP contribution in [-0.4, -0.2) is 40.7 Å². The molecule has 9 heteroatoms. The summed E-state index contributed by atoms with van der Waals surface area (Å²) in [6, 6.07) is 15.1. The van der Waals surface area contributed by atoms with Gasteiger partial charge in [0.15, 0.2) is 11.5 Å². The van der Waals surface area contributed by atoms with Gasteiger partial charge in [0.2, 0.25) is 5.88 Å². The predicted octanol–water partition coefficient (Wildman–Crippen LogP) is 3.51. The van der Waals surface area contributed by atoms with E-state index in [1.807, 2.05) is 24.1 Å². The Balaban J connectivity index is 1.51. The summed E-state index contributed by atoms with van der Waals surface area (Å²) in [7, 11) is -0.334. The zero-order chi connectivity index (χ0) is 21.1. The molecule has 0 aliphatic carbocycles. The molecule has 0 bridgehead atoms. The molecule has 1 aromatic heterocycles. The first kappa shape index (κ1) is 19.8. The van der Waals surface area contributed by atoms with Gasteiger partial charge in [-0.1, -0.05) is 12.1 Å². The van der Waals surface area contributed by atoms with E-state index in [9.17, 15) is 8.42 Å². The van der Waals surface area contributed by atoms with Crippen LogP contribution in [0.3, 0.4) is 0 Å². The second-order valence-electron chi connectivity index (χ2n) is 6.64. The lowest BCUT2D eigenvalue weighted by molar-refractivity contribution is 0.311. The fourth-order valence-electron chi connectivity index (χ4n) is 3.03. The van der Waals surface area contributed by atoms with E-state index in [1.165, 1.54) is 12.3 Å². The molecule has 0 spiro atoms. The van der Waals surface area contributed by atoms with E-state index in [2.05, 4.69) is 9.71 Å². The summed E-state index contributed by atoms with van der Waals surface area (Å²) in [5.41, 5.74) is 1.06. The third-order valence-corrected chi connectivity index (χ3v) is 5.99. The Morgan fingerprint density at radius 1 is 1.10 bits per heavy atom. The number of nitrogens with one attached hydrogen (secondary N) is 1. The van der Waals surface area contributed by atoms with Crippen molar-refractivity contribution in [1.82, 2.24) is 4.98 Å². The summed E-state index contributed by atoms with van der Waals surface area (Å²) in [4.78, 5) is 6.28. The molecular formula is C21H21N3O5S. The number of hydrogen-bond donors (Lipinski definition) is 1. The number of para-hydroxylation sites is 2. The topological polar surface area (TPSA) is 90.0 Å². The van der Waals surface area contributed by atoms with Crippen molar-refractivity contribution in [2.45, 2.75) is 4.90 Å². The monoisotopic (exact) mass is 427 g/mol. The number of hydrogen-bond acceptors (Lipinski definition) is 7. The Morgan fingerprint density at radius 3 is 2.63 bits per heavy atom. The normalized spacial score (nSPS) is 13.2. The first-order valence-corrected chi connectivity index (χ1v) is 10.7. The molecule has 1 aliphatic rings. The van der Waals surface area contributed by atoms with E-state index in [0.29, 0.717) is 42.0 Å². The SMILES string of the molecule is COc1ccccc1Oc1ccc(NS(=O)(=O)c2ccc3c(c2)N(C)CCO3)cn1. The largest absolute Gasteiger partial charge is 0.493 e. The molecule has 4 rings (SSSR count). The Hall–Kier alpha value is -3.46. The van der Waals surface area contributed by atoms with Crippen molar-refractivity contribution in [1.29, 1.82) is 0 Å². The van der Waals surface area contributed by atoms with Crippen LogP contribution in [0.1, 0.15) is 0 Å². The number of aromatic nitrogens is 1. The highest BCUT2D eigenvalue weighted by Gasteiger charge is 2.21. The molecule has 0 unspecified atom stereocenters. The summed E-state index contributed by atoms with van der Waals surface area (Å²) in [6.45, 7) is 1.27. The molecule has 30 heavy (non-hydrogen) atoms. The lowest BCUT2D eigenvalue weighted by Crippen LogP contribution is -2.29. The third-order valence-electron chi connectivity index (χ3n) is 4.61. The number of rotatable bonds is 6. The van der Waals surface area contributed by atoms with Gasteiger partial charge < -0.3 is 19.1 Å². The number of benzene rings is 2. The first-order valence-electron chi connectivity index (χ1n) is 9.24. The second kappa shape index (κ2) is 8.11. The minimum absolute atomic E-state index is 0.146. The Bertz CT molecular complexity index is 1150. The Morgan fingerprint density at radius 2 is 1.90 bits per heavy atom. The van der Waals surface area contributed by atoms with Crippen LogP contribution < -0.4 is 23.8 Å². The summed E-state index contributed by atoms with van der Waals surface area (Å²) in [6.07, 6.45) is 1.40. The van der Waals surface area contributed by atoms with Gasteiger partial charge in [-0.05, 0) is 36.4 Å². The van der Waals surface area contributed by atoms with Crippen molar-refractivity contribution in [2.75, 3.05) is 36.9 Å². The van der Waals surface area contributed by atoms with Crippen LogP contribution in [0, 0.1) is 0 Å². The van der Waals surface area contributed by atoms with Gasteiger partial charge in [0.1, 0.15) is 12.4 Å². The van der Waals surface area contributed by atoms with Crippen molar-refractivity contribution in [3.05, 3.63) is 60.8 Å². The van der Waals surface area contributed by atoms with Crippen LogP contribution in [0.5, 0.6) is 23.1 Å². The lowest BCUT2D eigenvalue weighted by Gasteiger charge is -2.28. The van der Waals surface area contributed by atoms with Crippen molar-refractivity contribution in [3.8, 4) is 23.1 Å². The molecule has 156 valence electrons. The minimum Gasteiger partial charge on any atom is -0.493 e. The number of pyridine rings is 1. The molecule has 1 aliphatic heterocycles. The summed E-state index contributed by atoms with van der Waals surface area (Å²) >= 11 is 0. The van der Waals surface area contributed by atoms with E-state index >= 15 is 0 Å². The second-order valence-corrected chi connectivity index (χ2v) is 8.33. The highest BCUT2D eigenvalue weighted by atomic mass is 32.2. The number of fused-ring (bicyclic) bond motifs is 1. The lowest BCUT2D eigenvalue weighted by atomic mass is 10.2. The molecule has 1 N–H and O–H groups in total. The third kappa shape index (κ3) is 4.11. The van der Waals surface area contributed by atoms with E-state index in [-0.39, 0.29) is 4.90 Å². The maximum absolute atomic E-state index is 12.8. The van der Waals surface area contributed by atoms with Gasteiger partial charge in [0.25, 0.3) is 10.0 Å². The smallest absolute Gasteiger partial charge is 0.262 e. The summed E-state index contributed by atoms with van der Waals surface area (Å²) < 4.78 is 44.7. The van der Waals surface area contributed by atoms with Gasteiger partial charge in [0, 0.05) is 13.1 Å². The number of ether oxygens (including phenoxy) is 3. The maximum Gasteiger partial charge on any atom is 0.262 e. The molecule has 0 amide bonds. The molecule has 2 heterocycles. The molecule has 0 radical (unpaired) electrons. The molecule has 0 saturated carbocycles. The first-order chi connectivity index (χ1) is 14.5. The fourth-order valence-corrected chi connectivity index (χ4v) is 4.09. The van der Waals surface area contributed by atoms with Crippen molar-refractivity contribution >= 4 is 21.4 Å². The van der Waals surface area contributed by atoms with E-state index in [1.54, 1.807) is 43.5 Å². The van der Waals surface area contributed by atoms with Gasteiger partial charge in [-0.15, -0.1) is 0 Å². The van der Waals surface area contributed by atoms with Crippen LogP contribution >= 0.6 is 0 Å². The van der Waals surface area contributed by atoms with Gasteiger partial charge >= 0.3 is 0 Å². The number of anilines is 2. The van der Waals surface area contributed by atoms with Gasteiger partial charge in [0.05, 0.1) is 36.1 Å². The maximum atomic E-state index is 12.8. The van der Waals surface area contributed by atoms with Crippen LogP contribution in [0.4, 0.5) is 11.4 Å². The predicted molar refractivity (Wildman–Crippen MR) is 113 cm³/mol. The van der Waals surface area contributed by atoms with E-state index in [0.717, 1.165) is 5.69 Å². The molecule has 3 aromatic rings. The van der Waals surface area contributed by atoms with Crippen molar-refractivity contribution in [2.24, 2.45) is 0 Å². The van der Waals surface area contributed by atoms with Crippen LogP contribution in [0.15, 0.2) is 65.7 Å². The van der Waals surface area contributed by atoms with Crippen LogP contribution in [-0.2, 0) is 10.0 Å². The quantitative estimate of drug-likeness (QED) is 0.644. The Kier molecular flexibility index (Phi) is 5.37. The minimum atomic E-state index is -3.79. The summed E-state index contributed by atoms with van der Waals surface area (Å²) in [5.74, 6) is 2.07. The van der Waals surface area contributed by atoms with Gasteiger partial charge in [-0.2, -0.15) is 0 Å².